The predicted octanol–water partition coefficient (Wildman–Crippen LogP) is 4.09. The molecule has 3 rings (SSSR count). The minimum atomic E-state index is -0.433. The van der Waals surface area contributed by atoms with Gasteiger partial charge in [-0.15, -0.1) is 0 Å². The van der Waals surface area contributed by atoms with E-state index in [2.05, 4.69) is 21.4 Å². The van der Waals surface area contributed by atoms with Crippen LogP contribution < -0.4 is 5.32 Å². The van der Waals surface area contributed by atoms with Gasteiger partial charge in [0.1, 0.15) is 5.56 Å². The Labute approximate surface area is 140 Å². The number of methoxy groups -OCH3 is 1. The second-order valence-electron chi connectivity index (χ2n) is 5.86. The Bertz CT molecular complexity index is 915. The number of anilines is 2. The number of aryl methyl sites for hydroxylation is 3. The van der Waals surface area contributed by atoms with Gasteiger partial charge in [0, 0.05) is 23.0 Å². The highest BCUT2D eigenvalue weighted by atomic mass is 16.5. The number of benzene rings is 1. The molecule has 0 bridgehead atoms. The molecule has 1 N–H and O–H groups in total. The lowest BCUT2D eigenvalue weighted by molar-refractivity contribution is 0.0601. The maximum absolute atomic E-state index is 12.1. The number of fused-ring (bicyclic) bond motifs is 1. The lowest BCUT2D eigenvalue weighted by Crippen LogP contribution is -2.08. The first-order chi connectivity index (χ1) is 11.5. The number of hydrogen-bond donors (Lipinski definition) is 1. The third-order valence-corrected chi connectivity index (χ3v) is 3.77. The van der Waals surface area contributed by atoms with Crippen molar-refractivity contribution in [2.45, 2.75) is 20.8 Å². The summed E-state index contributed by atoms with van der Waals surface area (Å²) in [7, 11) is 1.36. The number of nitrogens with zero attached hydrogens (tertiary/aromatic N) is 2. The molecule has 0 unspecified atom stereocenters. The Morgan fingerprint density at radius 3 is 2.46 bits per heavy atom. The summed E-state index contributed by atoms with van der Waals surface area (Å²) in [6.45, 7) is 5.98. The third-order valence-electron chi connectivity index (χ3n) is 3.77. The van der Waals surface area contributed by atoms with Gasteiger partial charge < -0.3 is 10.1 Å². The van der Waals surface area contributed by atoms with E-state index in [0.717, 1.165) is 27.9 Å². The van der Waals surface area contributed by atoms with Crippen molar-refractivity contribution in [3.63, 3.8) is 0 Å². The van der Waals surface area contributed by atoms with Crippen LogP contribution in [0.4, 0.5) is 11.4 Å². The van der Waals surface area contributed by atoms with E-state index in [1.54, 1.807) is 0 Å². The van der Waals surface area contributed by atoms with Crippen LogP contribution in [0.2, 0.25) is 0 Å². The molecular formula is C19H19N3O2. The SMILES string of the molecule is COC(=O)c1cnc2nc(C)ccc2c1Nc1cc(C)cc(C)c1. The van der Waals surface area contributed by atoms with Crippen LogP contribution >= 0.6 is 0 Å². The Balaban J connectivity index is 2.20. The van der Waals surface area contributed by atoms with Crippen molar-refractivity contribution < 1.29 is 9.53 Å². The number of nitrogens with one attached hydrogen (secondary N) is 1. The molecule has 0 atom stereocenters. The van der Waals surface area contributed by atoms with Crippen LogP contribution in [0.5, 0.6) is 0 Å². The largest absolute Gasteiger partial charge is 0.465 e. The highest BCUT2D eigenvalue weighted by molar-refractivity contribution is 6.05. The summed E-state index contributed by atoms with van der Waals surface area (Å²) < 4.78 is 4.90. The third kappa shape index (κ3) is 3.06. The Morgan fingerprint density at radius 2 is 1.79 bits per heavy atom. The summed E-state index contributed by atoms with van der Waals surface area (Å²) in [5, 5.41) is 4.13. The van der Waals surface area contributed by atoms with Crippen LogP contribution in [-0.4, -0.2) is 23.0 Å². The van der Waals surface area contributed by atoms with Gasteiger partial charge in [-0.2, -0.15) is 0 Å². The Morgan fingerprint density at radius 1 is 1.08 bits per heavy atom. The van der Waals surface area contributed by atoms with E-state index in [0.29, 0.717) is 16.9 Å². The molecule has 0 aliphatic heterocycles. The standard InChI is InChI=1S/C19H19N3O2/c1-11-7-12(2)9-14(8-11)22-17-15-6-5-13(3)21-18(15)20-10-16(17)19(23)24-4/h5-10H,1-4H3,(H,20,21,22). The fraction of sp³-hybridized carbons (Fsp3) is 0.211. The second-order valence-corrected chi connectivity index (χ2v) is 5.86. The van der Waals surface area contributed by atoms with Gasteiger partial charge in [0.25, 0.3) is 0 Å². The van der Waals surface area contributed by atoms with Crippen LogP contribution in [0.15, 0.2) is 36.5 Å². The Hall–Kier alpha value is -2.95. The van der Waals surface area contributed by atoms with Crippen LogP contribution in [0.3, 0.4) is 0 Å². The smallest absolute Gasteiger partial charge is 0.341 e. The van der Waals surface area contributed by atoms with E-state index in [1.807, 2.05) is 45.0 Å². The summed E-state index contributed by atoms with van der Waals surface area (Å²) in [5.74, 6) is -0.433. The van der Waals surface area contributed by atoms with Crippen molar-refractivity contribution in [1.82, 2.24) is 9.97 Å². The van der Waals surface area contributed by atoms with Crippen molar-refractivity contribution in [3.8, 4) is 0 Å². The van der Waals surface area contributed by atoms with Gasteiger partial charge in [-0.1, -0.05) is 6.07 Å². The molecule has 24 heavy (non-hydrogen) atoms. The summed E-state index contributed by atoms with van der Waals surface area (Å²) >= 11 is 0. The Kier molecular flexibility index (Phi) is 4.16. The van der Waals surface area contributed by atoms with Crippen LogP contribution in [-0.2, 0) is 4.74 Å². The molecule has 0 fully saturated rings. The molecule has 0 saturated heterocycles. The molecule has 5 nitrogen and oxygen atoms in total. The monoisotopic (exact) mass is 321 g/mol. The van der Waals surface area contributed by atoms with Gasteiger partial charge >= 0.3 is 5.97 Å². The van der Waals surface area contributed by atoms with E-state index in [1.165, 1.54) is 13.3 Å². The van der Waals surface area contributed by atoms with Crippen LogP contribution in [0.25, 0.3) is 11.0 Å². The molecule has 5 heteroatoms. The van der Waals surface area contributed by atoms with E-state index in [9.17, 15) is 4.79 Å². The van der Waals surface area contributed by atoms with Gasteiger partial charge in [0.05, 0.1) is 12.8 Å². The highest BCUT2D eigenvalue weighted by Gasteiger charge is 2.17. The van der Waals surface area contributed by atoms with Gasteiger partial charge in [0.15, 0.2) is 5.65 Å². The van der Waals surface area contributed by atoms with E-state index in [4.69, 9.17) is 4.74 Å². The summed E-state index contributed by atoms with van der Waals surface area (Å²) in [6.07, 6.45) is 1.51. The average Bonchev–Trinajstić information content (AvgIpc) is 2.53. The fourth-order valence-corrected chi connectivity index (χ4v) is 2.76. The molecule has 0 spiro atoms. The second kappa shape index (κ2) is 6.28. The van der Waals surface area contributed by atoms with Crippen molar-refractivity contribution in [2.75, 3.05) is 12.4 Å². The highest BCUT2D eigenvalue weighted by Crippen LogP contribution is 2.29. The number of carbonyl (C=O) groups excluding carboxylic acids is 1. The van der Waals surface area contributed by atoms with Crippen molar-refractivity contribution in [2.24, 2.45) is 0 Å². The molecule has 122 valence electrons. The van der Waals surface area contributed by atoms with Gasteiger partial charge in [0.2, 0.25) is 0 Å². The zero-order valence-electron chi connectivity index (χ0n) is 14.2. The number of carbonyl (C=O) groups is 1. The predicted molar refractivity (Wildman–Crippen MR) is 94.8 cm³/mol. The van der Waals surface area contributed by atoms with Gasteiger partial charge in [-0.05, 0) is 56.2 Å². The molecule has 0 aliphatic carbocycles. The van der Waals surface area contributed by atoms with Crippen LogP contribution in [0, 0.1) is 20.8 Å². The molecule has 0 amide bonds. The van der Waals surface area contributed by atoms with Crippen molar-refractivity contribution in [3.05, 3.63) is 58.9 Å². The lowest BCUT2D eigenvalue weighted by Gasteiger charge is -2.14. The van der Waals surface area contributed by atoms with E-state index in [-0.39, 0.29) is 0 Å². The van der Waals surface area contributed by atoms with Gasteiger partial charge in [-0.25, -0.2) is 14.8 Å². The minimum absolute atomic E-state index is 0.384. The summed E-state index contributed by atoms with van der Waals surface area (Å²) in [6, 6.07) is 9.98. The van der Waals surface area contributed by atoms with Crippen LogP contribution in [0.1, 0.15) is 27.2 Å². The number of rotatable bonds is 3. The fourth-order valence-electron chi connectivity index (χ4n) is 2.76. The quantitative estimate of drug-likeness (QED) is 0.736. The normalized spacial score (nSPS) is 10.7. The first-order valence-corrected chi connectivity index (χ1v) is 7.68. The molecule has 3 aromatic rings. The molecule has 0 radical (unpaired) electrons. The topological polar surface area (TPSA) is 64.1 Å². The molecule has 1 aromatic carbocycles. The maximum atomic E-state index is 12.1. The van der Waals surface area contributed by atoms with E-state index >= 15 is 0 Å². The van der Waals surface area contributed by atoms with Crippen molar-refractivity contribution >= 4 is 28.4 Å². The number of hydrogen-bond acceptors (Lipinski definition) is 5. The summed E-state index contributed by atoms with van der Waals surface area (Å²) in [5.41, 5.74) is 5.70. The average molecular weight is 321 g/mol. The number of pyridine rings is 2. The molecule has 2 heterocycles. The minimum Gasteiger partial charge on any atom is -0.465 e. The number of esters is 1. The zero-order valence-corrected chi connectivity index (χ0v) is 14.2. The number of ether oxygens (including phenoxy) is 1. The number of aromatic nitrogens is 2. The maximum Gasteiger partial charge on any atom is 0.341 e. The summed E-state index contributed by atoms with van der Waals surface area (Å²) in [4.78, 5) is 20.9. The van der Waals surface area contributed by atoms with E-state index < -0.39 is 5.97 Å². The first kappa shape index (κ1) is 15.9. The molecule has 0 aliphatic rings. The lowest BCUT2D eigenvalue weighted by atomic mass is 10.1. The zero-order chi connectivity index (χ0) is 17.3. The van der Waals surface area contributed by atoms with Gasteiger partial charge in [-0.3, -0.25) is 0 Å². The molecular weight excluding hydrogens is 302 g/mol. The molecule has 0 saturated carbocycles. The first-order valence-electron chi connectivity index (χ1n) is 7.68. The van der Waals surface area contributed by atoms with Crippen molar-refractivity contribution in [1.29, 1.82) is 0 Å². The molecule has 2 aromatic heterocycles.